The Kier molecular flexibility index (Phi) is 7.56. The summed E-state index contributed by atoms with van der Waals surface area (Å²) in [7, 11) is 0. The van der Waals surface area contributed by atoms with Crippen LogP contribution in [0.5, 0.6) is 0 Å². The van der Waals surface area contributed by atoms with Crippen LogP contribution >= 0.6 is 11.8 Å². The molecule has 192 valence electrons. The van der Waals surface area contributed by atoms with Crippen LogP contribution in [-0.2, 0) is 11.2 Å². The fourth-order valence-corrected chi connectivity index (χ4v) is 5.42. The topological polar surface area (TPSA) is 72.7 Å². The van der Waals surface area contributed by atoms with Gasteiger partial charge >= 0.3 is 0 Å². The molecule has 7 heteroatoms. The van der Waals surface area contributed by atoms with E-state index in [-0.39, 0.29) is 11.2 Å². The molecule has 0 saturated carbocycles. The fraction of sp³-hybridized carbons (Fsp3) is 0.226. The molecule has 3 aromatic carbocycles. The van der Waals surface area contributed by atoms with Crippen molar-refractivity contribution in [3.8, 4) is 17.1 Å². The molecular weight excluding hydrogens is 490 g/mol. The number of hydrogen-bond donors (Lipinski definition) is 1. The molecule has 0 fully saturated rings. The van der Waals surface area contributed by atoms with Gasteiger partial charge in [0.2, 0.25) is 5.91 Å². The number of rotatable bonds is 8. The maximum atomic E-state index is 13.4. The van der Waals surface area contributed by atoms with Gasteiger partial charge in [0, 0.05) is 11.3 Å². The van der Waals surface area contributed by atoms with Crippen molar-refractivity contribution >= 4 is 34.4 Å². The highest BCUT2D eigenvalue weighted by Crippen LogP contribution is 2.35. The minimum absolute atomic E-state index is 0.0396. The first-order valence-electron chi connectivity index (χ1n) is 12.9. The standard InChI is InChI=1S/C31H31N5OS/c1-5-25-27-29(36(35-25)24-15-11-8-12-16-24)33-28(22-13-9-7-10-14-22)34-31(27)38-26(6-2)30(37)32-23-18-17-20(3)21(4)19-23/h7-19,26H,5-6H2,1-4H3,(H,32,37). The second-order valence-corrected chi connectivity index (χ2v) is 10.5. The Morgan fingerprint density at radius 1 is 0.921 bits per heavy atom. The first-order valence-corrected chi connectivity index (χ1v) is 13.8. The summed E-state index contributed by atoms with van der Waals surface area (Å²) in [5, 5.41) is 9.39. The Balaban J connectivity index is 1.60. The molecule has 38 heavy (non-hydrogen) atoms. The predicted octanol–water partition coefficient (Wildman–Crippen LogP) is 7.17. The number of hydrogen-bond acceptors (Lipinski definition) is 5. The van der Waals surface area contributed by atoms with Crippen molar-refractivity contribution in [2.75, 3.05) is 5.32 Å². The molecule has 6 nitrogen and oxygen atoms in total. The van der Waals surface area contributed by atoms with Gasteiger partial charge < -0.3 is 5.32 Å². The number of carbonyl (C=O) groups is 1. The van der Waals surface area contributed by atoms with Gasteiger partial charge in [0.25, 0.3) is 0 Å². The smallest absolute Gasteiger partial charge is 0.237 e. The summed E-state index contributed by atoms with van der Waals surface area (Å²) >= 11 is 1.48. The number of fused-ring (bicyclic) bond motifs is 1. The van der Waals surface area contributed by atoms with Crippen molar-refractivity contribution in [3.63, 3.8) is 0 Å². The molecule has 2 heterocycles. The molecule has 0 spiro atoms. The van der Waals surface area contributed by atoms with Crippen molar-refractivity contribution in [3.05, 3.63) is 95.7 Å². The van der Waals surface area contributed by atoms with E-state index < -0.39 is 0 Å². The highest BCUT2D eigenvalue weighted by molar-refractivity contribution is 8.00. The van der Waals surface area contributed by atoms with Crippen LogP contribution < -0.4 is 5.32 Å². The van der Waals surface area contributed by atoms with Crippen LogP contribution in [0.25, 0.3) is 28.1 Å². The van der Waals surface area contributed by atoms with Gasteiger partial charge in [-0.15, -0.1) is 0 Å². The highest BCUT2D eigenvalue weighted by Gasteiger charge is 2.25. The van der Waals surface area contributed by atoms with Gasteiger partial charge in [-0.3, -0.25) is 4.79 Å². The summed E-state index contributed by atoms with van der Waals surface area (Å²) in [4.78, 5) is 23.4. The maximum absolute atomic E-state index is 13.4. The lowest BCUT2D eigenvalue weighted by Crippen LogP contribution is -2.24. The van der Waals surface area contributed by atoms with E-state index in [9.17, 15) is 4.79 Å². The van der Waals surface area contributed by atoms with Crippen LogP contribution in [0.1, 0.15) is 37.1 Å². The number of benzene rings is 3. The number of aromatic nitrogens is 4. The molecule has 0 aliphatic heterocycles. The lowest BCUT2D eigenvalue weighted by atomic mass is 10.1. The van der Waals surface area contributed by atoms with E-state index in [4.69, 9.17) is 15.1 Å². The first kappa shape index (κ1) is 25.7. The third-order valence-electron chi connectivity index (χ3n) is 6.63. The van der Waals surface area contributed by atoms with Gasteiger partial charge in [0.15, 0.2) is 11.5 Å². The second-order valence-electron chi connectivity index (χ2n) is 9.27. The summed E-state index contributed by atoms with van der Waals surface area (Å²) in [6.45, 7) is 8.23. The highest BCUT2D eigenvalue weighted by atomic mass is 32.2. The van der Waals surface area contributed by atoms with Crippen molar-refractivity contribution in [1.29, 1.82) is 0 Å². The van der Waals surface area contributed by atoms with E-state index in [1.807, 2.05) is 90.5 Å². The van der Waals surface area contributed by atoms with Gasteiger partial charge in [-0.25, -0.2) is 14.6 Å². The Bertz CT molecular complexity index is 1580. The Morgan fingerprint density at radius 2 is 1.63 bits per heavy atom. The number of anilines is 1. The molecule has 1 N–H and O–H groups in total. The molecule has 1 atom stereocenters. The molecule has 5 rings (SSSR count). The molecule has 1 amide bonds. The van der Waals surface area contributed by atoms with Crippen LogP contribution in [-0.4, -0.2) is 30.9 Å². The zero-order valence-corrected chi connectivity index (χ0v) is 22.9. The Hall–Kier alpha value is -3.97. The van der Waals surface area contributed by atoms with Crippen molar-refractivity contribution in [2.45, 2.75) is 50.8 Å². The summed E-state index contributed by atoms with van der Waals surface area (Å²) in [6.07, 6.45) is 1.38. The van der Waals surface area contributed by atoms with E-state index in [2.05, 4.69) is 26.1 Å². The summed E-state index contributed by atoms with van der Waals surface area (Å²) in [5.74, 6) is 0.576. The molecular formula is C31H31N5OS. The molecule has 1 unspecified atom stereocenters. The summed E-state index contributed by atoms with van der Waals surface area (Å²) in [5.41, 5.74) is 6.66. The van der Waals surface area contributed by atoms with E-state index in [1.54, 1.807) is 0 Å². The number of nitrogens with one attached hydrogen (secondary N) is 1. The Morgan fingerprint density at radius 3 is 2.29 bits per heavy atom. The largest absolute Gasteiger partial charge is 0.325 e. The van der Waals surface area contributed by atoms with E-state index >= 15 is 0 Å². The van der Waals surface area contributed by atoms with Gasteiger partial charge in [-0.2, -0.15) is 5.10 Å². The van der Waals surface area contributed by atoms with Gasteiger partial charge in [0.1, 0.15) is 5.03 Å². The molecule has 0 aliphatic rings. The monoisotopic (exact) mass is 521 g/mol. The van der Waals surface area contributed by atoms with E-state index in [1.165, 1.54) is 17.3 Å². The normalized spacial score (nSPS) is 12.0. The summed E-state index contributed by atoms with van der Waals surface area (Å²) < 4.78 is 1.89. The average molecular weight is 522 g/mol. The minimum Gasteiger partial charge on any atom is -0.325 e. The van der Waals surface area contributed by atoms with Gasteiger partial charge in [0.05, 0.1) is 22.0 Å². The third-order valence-corrected chi connectivity index (χ3v) is 7.98. The number of amides is 1. The number of para-hydroxylation sites is 1. The lowest BCUT2D eigenvalue weighted by Gasteiger charge is -2.16. The number of carbonyl (C=O) groups excluding carboxylic acids is 1. The number of nitrogens with zero attached hydrogens (tertiary/aromatic N) is 4. The van der Waals surface area contributed by atoms with Gasteiger partial charge in [-0.05, 0) is 62.1 Å². The van der Waals surface area contributed by atoms with E-state index in [0.29, 0.717) is 12.2 Å². The maximum Gasteiger partial charge on any atom is 0.237 e. The molecule has 0 saturated heterocycles. The molecule has 0 aliphatic carbocycles. The molecule has 0 radical (unpaired) electrons. The van der Waals surface area contributed by atoms with Crippen molar-refractivity contribution < 1.29 is 4.79 Å². The van der Waals surface area contributed by atoms with Crippen LogP contribution in [0.3, 0.4) is 0 Å². The zero-order valence-electron chi connectivity index (χ0n) is 22.1. The van der Waals surface area contributed by atoms with Crippen LogP contribution in [0, 0.1) is 13.8 Å². The summed E-state index contributed by atoms with van der Waals surface area (Å²) in [6, 6.07) is 26.0. The predicted molar refractivity (Wildman–Crippen MR) is 156 cm³/mol. The molecule has 2 aromatic heterocycles. The molecule has 5 aromatic rings. The fourth-order valence-electron chi connectivity index (χ4n) is 4.35. The Labute approximate surface area is 227 Å². The third kappa shape index (κ3) is 5.20. The van der Waals surface area contributed by atoms with Crippen LogP contribution in [0.15, 0.2) is 83.9 Å². The average Bonchev–Trinajstić information content (AvgIpc) is 3.33. The van der Waals surface area contributed by atoms with Crippen molar-refractivity contribution in [2.24, 2.45) is 0 Å². The number of aryl methyl sites for hydroxylation is 3. The number of thioether (sulfide) groups is 1. The van der Waals surface area contributed by atoms with Gasteiger partial charge in [-0.1, -0.05) is 80.2 Å². The second kappa shape index (κ2) is 11.2. The SMILES string of the molecule is CCc1nn(-c2ccccc2)c2nc(-c3ccccc3)nc(SC(CC)C(=O)Nc3ccc(C)c(C)c3)c12. The lowest BCUT2D eigenvalue weighted by molar-refractivity contribution is -0.115. The minimum atomic E-state index is -0.330. The van der Waals surface area contributed by atoms with Crippen LogP contribution in [0.2, 0.25) is 0 Å². The quantitative estimate of drug-likeness (QED) is 0.173. The molecule has 0 bridgehead atoms. The van der Waals surface area contributed by atoms with Crippen molar-refractivity contribution in [1.82, 2.24) is 19.7 Å². The van der Waals surface area contributed by atoms with E-state index in [0.717, 1.165) is 50.7 Å². The zero-order chi connectivity index (χ0) is 26.6. The first-order chi connectivity index (χ1) is 18.5. The van der Waals surface area contributed by atoms with Crippen LogP contribution in [0.4, 0.5) is 5.69 Å².